The maximum absolute atomic E-state index is 6.13. The zero-order valence-corrected chi connectivity index (χ0v) is 13.9. The van der Waals surface area contributed by atoms with Crippen LogP contribution in [0.2, 0.25) is 0 Å². The Labute approximate surface area is 130 Å². The lowest BCUT2D eigenvalue weighted by molar-refractivity contribution is 0.102. The Morgan fingerprint density at radius 3 is 2.62 bits per heavy atom. The van der Waals surface area contributed by atoms with E-state index >= 15 is 0 Å². The topological polar surface area (TPSA) is 32.5 Å². The van der Waals surface area contributed by atoms with Crippen molar-refractivity contribution in [2.24, 2.45) is 5.73 Å². The number of hydrogen-bond acceptors (Lipinski definition) is 3. The zero-order chi connectivity index (χ0) is 15.3. The van der Waals surface area contributed by atoms with Gasteiger partial charge in [0.15, 0.2) is 0 Å². The fraction of sp³-hybridized carbons (Fsp3) is 0.667. The highest BCUT2D eigenvalue weighted by atomic mass is 15.2. The van der Waals surface area contributed by atoms with Crippen LogP contribution in [0.25, 0.3) is 0 Å². The predicted molar refractivity (Wildman–Crippen MR) is 90.5 cm³/mol. The Balaban J connectivity index is 1.92. The number of aryl methyl sites for hydroxylation is 1. The standard InChI is InChI=1S/C18H31N3/c1-18(15-19,12-11-16-8-5-4-6-9-16)21(3)14-17-10-7-13-20(17)2/h4-6,8-9,17H,7,10-15,19H2,1-3H3. The second-order valence-corrected chi connectivity index (χ2v) is 6.84. The first-order valence-corrected chi connectivity index (χ1v) is 8.20. The van der Waals surface area contributed by atoms with Gasteiger partial charge in [0.2, 0.25) is 0 Å². The molecule has 118 valence electrons. The number of benzene rings is 1. The van der Waals surface area contributed by atoms with Crippen molar-refractivity contribution in [2.45, 2.75) is 44.2 Å². The third-order valence-electron chi connectivity index (χ3n) is 5.31. The molecule has 1 heterocycles. The number of nitrogens with zero attached hydrogens (tertiary/aromatic N) is 2. The van der Waals surface area contributed by atoms with Gasteiger partial charge in [0.1, 0.15) is 0 Å². The summed E-state index contributed by atoms with van der Waals surface area (Å²) < 4.78 is 0. The van der Waals surface area contributed by atoms with E-state index in [1.807, 2.05) is 0 Å². The quantitative estimate of drug-likeness (QED) is 0.836. The van der Waals surface area contributed by atoms with Crippen LogP contribution in [-0.4, -0.2) is 55.1 Å². The Morgan fingerprint density at radius 2 is 2.05 bits per heavy atom. The minimum atomic E-state index is 0.0826. The fourth-order valence-corrected chi connectivity index (χ4v) is 3.25. The average molecular weight is 289 g/mol. The summed E-state index contributed by atoms with van der Waals surface area (Å²) in [5.74, 6) is 0. The lowest BCUT2D eigenvalue weighted by Crippen LogP contribution is -2.53. The van der Waals surface area contributed by atoms with Gasteiger partial charge in [0.25, 0.3) is 0 Å². The monoisotopic (exact) mass is 289 g/mol. The summed E-state index contributed by atoms with van der Waals surface area (Å²) in [6.45, 7) is 5.39. The van der Waals surface area contributed by atoms with Gasteiger partial charge in [-0.1, -0.05) is 30.3 Å². The Morgan fingerprint density at radius 1 is 1.33 bits per heavy atom. The summed E-state index contributed by atoms with van der Waals surface area (Å²) in [4.78, 5) is 4.98. The van der Waals surface area contributed by atoms with E-state index in [1.165, 1.54) is 24.9 Å². The largest absolute Gasteiger partial charge is 0.329 e. The molecule has 0 amide bonds. The minimum absolute atomic E-state index is 0.0826. The molecule has 1 fully saturated rings. The van der Waals surface area contributed by atoms with E-state index in [4.69, 9.17) is 5.73 Å². The van der Waals surface area contributed by atoms with E-state index in [9.17, 15) is 0 Å². The van der Waals surface area contributed by atoms with Gasteiger partial charge < -0.3 is 10.6 Å². The van der Waals surface area contributed by atoms with Gasteiger partial charge in [-0.05, 0) is 58.8 Å². The molecular formula is C18H31N3. The molecule has 1 aromatic carbocycles. The minimum Gasteiger partial charge on any atom is -0.329 e. The molecule has 1 aromatic rings. The van der Waals surface area contributed by atoms with Crippen LogP contribution in [0.3, 0.4) is 0 Å². The van der Waals surface area contributed by atoms with Gasteiger partial charge in [0.05, 0.1) is 0 Å². The third kappa shape index (κ3) is 4.29. The second-order valence-electron chi connectivity index (χ2n) is 6.84. The van der Waals surface area contributed by atoms with Crippen LogP contribution in [0.1, 0.15) is 31.7 Å². The first-order valence-electron chi connectivity index (χ1n) is 8.20. The van der Waals surface area contributed by atoms with Crippen LogP contribution < -0.4 is 5.73 Å². The van der Waals surface area contributed by atoms with Crippen LogP contribution in [0.4, 0.5) is 0 Å². The number of nitrogens with two attached hydrogens (primary N) is 1. The number of rotatable bonds is 7. The Bertz CT molecular complexity index is 420. The van der Waals surface area contributed by atoms with Crippen molar-refractivity contribution in [3.63, 3.8) is 0 Å². The third-order valence-corrected chi connectivity index (χ3v) is 5.31. The van der Waals surface area contributed by atoms with Crippen molar-refractivity contribution in [1.29, 1.82) is 0 Å². The van der Waals surface area contributed by atoms with E-state index in [0.29, 0.717) is 12.6 Å². The molecule has 1 saturated heterocycles. The second kappa shape index (κ2) is 7.39. The van der Waals surface area contributed by atoms with E-state index in [-0.39, 0.29) is 5.54 Å². The fourth-order valence-electron chi connectivity index (χ4n) is 3.25. The van der Waals surface area contributed by atoms with Crippen molar-refractivity contribution in [1.82, 2.24) is 9.80 Å². The van der Waals surface area contributed by atoms with E-state index in [1.54, 1.807) is 0 Å². The zero-order valence-electron chi connectivity index (χ0n) is 13.9. The van der Waals surface area contributed by atoms with Crippen LogP contribution in [0.5, 0.6) is 0 Å². The van der Waals surface area contributed by atoms with Crippen LogP contribution in [0, 0.1) is 0 Å². The molecule has 3 nitrogen and oxygen atoms in total. The average Bonchev–Trinajstić information content (AvgIpc) is 2.91. The predicted octanol–water partition coefficient (Wildman–Crippen LogP) is 2.36. The number of likely N-dealkylation sites (tertiary alicyclic amines) is 1. The lowest BCUT2D eigenvalue weighted by atomic mass is 9.91. The van der Waals surface area contributed by atoms with Crippen molar-refractivity contribution in [3.8, 4) is 0 Å². The summed E-state index contributed by atoms with van der Waals surface area (Å²) in [7, 11) is 4.49. The van der Waals surface area contributed by atoms with Gasteiger partial charge in [-0.2, -0.15) is 0 Å². The Hall–Kier alpha value is -0.900. The van der Waals surface area contributed by atoms with Gasteiger partial charge in [-0.3, -0.25) is 4.90 Å². The van der Waals surface area contributed by atoms with Crippen LogP contribution >= 0.6 is 0 Å². The normalized spacial score (nSPS) is 22.6. The van der Waals surface area contributed by atoms with E-state index in [2.05, 4.69) is 61.2 Å². The molecular weight excluding hydrogens is 258 g/mol. The van der Waals surface area contributed by atoms with Gasteiger partial charge in [-0.15, -0.1) is 0 Å². The molecule has 2 N–H and O–H groups in total. The first kappa shape index (κ1) is 16.5. The van der Waals surface area contributed by atoms with Crippen LogP contribution in [-0.2, 0) is 6.42 Å². The molecule has 2 rings (SSSR count). The highest BCUT2D eigenvalue weighted by Gasteiger charge is 2.31. The molecule has 1 aliphatic heterocycles. The summed E-state index contributed by atoms with van der Waals surface area (Å²) >= 11 is 0. The highest BCUT2D eigenvalue weighted by molar-refractivity contribution is 5.15. The molecule has 0 radical (unpaired) electrons. The molecule has 0 spiro atoms. The van der Waals surface area contributed by atoms with Crippen molar-refractivity contribution >= 4 is 0 Å². The smallest absolute Gasteiger partial charge is 0.0304 e. The molecule has 0 aromatic heterocycles. The maximum atomic E-state index is 6.13. The summed E-state index contributed by atoms with van der Waals surface area (Å²) in [6.07, 6.45) is 4.86. The van der Waals surface area contributed by atoms with Crippen molar-refractivity contribution < 1.29 is 0 Å². The molecule has 2 unspecified atom stereocenters. The first-order chi connectivity index (χ1) is 10.0. The maximum Gasteiger partial charge on any atom is 0.0304 e. The van der Waals surface area contributed by atoms with Crippen LogP contribution in [0.15, 0.2) is 30.3 Å². The van der Waals surface area contributed by atoms with Gasteiger partial charge in [0, 0.05) is 24.7 Å². The summed E-state index contributed by atoms with van der Waals surface area (Å²) in [5, 5.41) is 0. The molecule has 21 heavy (non-hydrogen) atoms. The molecule has 0 saturated carbocycles. The van der Waals surface area contributed by atoms with E-state index < -0.39 is 0 Å². The highest BCUT2D eigenvalue weighted by Crippen LogP contribution is 2.23. The SMILES string of the molecule is CN1CCCC1CN(C)C(C)(CN)CCc1ccccc1. The molecule has 0 bridgehead atoms. The van der Waals surface area contributed by atoms with Crippen molar-refractivity contribution in [2.75, 3.05) is 33.7 Å². The summed E-state index contributed by atoms with van der Waals surface area (Å²) in [5.41, 5.74) is 7.61. The lowest BCUT2D eigenvalue weighted by Gasteiger charge is -2.40. The molecule has 1 aliphatic rings. The summed E-state index contributed by atoms with van der Waals surface area (Å²) in [6, 6.07) is 11.4. The molecule has 2 atom stereocenters. The molecule has 3 heteroatoms. The van der Waals surface area contributed by atoms with Crippen molar-refractivity contribution in [3.05, 3.63) is 35.9 Å². The van der Waals surface area contributed by atoms with E-state index in [0.717, 1.165) is 19.4 Å². The Kier molecular flexibility index (Phi) is 5.80. The number of hydrogen-bond donors (Lipinski definition) is 1. The van der Waals surface area contributed by atoms with Gasteiger partial charge >= 0.3 is 0 Å². The van der Waals surface area contributed by atoms with Gasteiger partial charge in [-0.25, -0.2) is 0 Å². The number of likely N-dealkylation sites (N-methyl/N-ethyl adjacent to an activating group) is 2. The molecule has 0 aliphatic carbocycles.